The molecule has 196 valence electrons. The van der Waals surface area contributed by atoms with E-state index in [0.29, 0.717) is 35.8 Å². The molecule has 0 radical (unpaired) electrons. The summed E-state index contributed by atoms with van der Waals surface area (Å²) in [6.45, 7) is 7.31. The maximum atomic E-state index is 12.7. The molecule has 2 atom stereocenters. The number of methoxy groups -OCH3 is 3. The first-order chi connectivity index (χ1) is 17.0. The standard InChI is InChI=1S/C27H37N3O6/c1-15(31)29-21-11-8-16-12-22(33-5)24(34-6)25(35-7)23(16)18-10-9-17(13-19(18)21)30-26(32)20(28)14-36-27(2,3)4/h9-10,12-13,20-21H,8,11,14,28H2,1-7H3,(H,29,31)(H,30,32)/t20-,21?/m0/s1. The molecular weight excluding hydrogens is 462 g/mol. The topological polar surface area (TPSA) is 121 Å². The lowest BCUT2D eigenvalue weighted by atomic mass is 9.93. The number of hydrogen-bond donors (Lipinski definition) is 3. The SMILES string of the molecule is COc1cc2c(c(OC)c1OC)-c1ccc(NC(=O)[C@@H](N)COC(C)(C)C)cc1C(NC(C)=O)CC2. The van der Waals surface area contributed by atoms with Gasteiger partial charge in [0.25, 0.3) is 0 Å². The summed E-state index contributed by atoms with van der Waals surface area (Å²) in [5.41, 5.74) is 9.83. The van der Waals surface area contributed by atoms with Crippen LogP contribution in [0.5, 0.6) is 17.2 Å². The van der Waals surface area contributed by atoms with Crippen LogP contribution in [-0.4, -0.2) is 51.4 Å². The Morgan fingerprint density at radius 3 is 2.36 bits per heavy atom. The molecule has 2 aromatic rings. The molecule has 9 nitrogen and oxygen atoms in total. The predicted molar refractivity (Wildman–Crippen MR) is 139 cm³/mol. The molecule has 0 bridgehead atoms. The minimum absolute atomic E-state index is 0.0982. The molecule has 2 amide bonds. The molecule has 0 heterocycles. The largest absolute Gasteiger partial charge is 0.493 e. The Labute approximate surface area is 212 Å². The van der Waals surface area contributed by atoms with Gasteiger partial charge in [-0.15, -0.1) is 0 Å². The molecule has 0 spiro atoms. The Hall–Kier alpha value is -3.30. The van der Waals surface area contributed by atoms with E-state index >= 15 is 0 Å². The zero-order valence-electron chi connectivity index (χ0n) is 22.1. The lowest BCUT2D eigenvalue weighted by molar-refractivity contribution is -0.120. The Bertz CT molecular complexity index is 1130. The van der Waals surface area contributed by atoms with Crippen molar-refractivity contribution < 1.29 is 28.5 Å². The van der Waals surface area contributed by atoms with Crippen molar-refractivity contribution in [3.63, 3.8) is 0 Å². The first kappa shape index (κ1) is 27.3. The summed E-state index contributed by atoms with van der Waals surface area (Å²) >= 11 is 0. The number of carbonyl (C=O) groups excluding carboxylic acids is 2. The summed E-state index contributed by atoms with van der Waals surface area (Å²) in [6, 6.07) is 6.43. The van der Waals surface area contributed by atoms with Crippen molar-refractivity contribution in [3.8, 4) is 28.4 Å². The number of nitrogens with two attached hydrogens (primary N) is 1. The highest BCUT2D eigenvalue weighted by Crippen LogP contribution is 2.50. The molecule has 3 rings (SSSR count). The Kier molecular flexibility index (Phi) is 8.47. The zero-order valence-corrected chi connectivity index (χ0v) is 22.1. The fraction of sp³-hybridized carbons (Fsp3) is 0.481. The summed E-state index contributed by atoms with van der Waals surface area (Å²) in [4.78, 5) is 24.8. The van der Waals surface area contributed by atoms with Crippen LogP contribution in [0.25, 0.3) is 11.1 Å². The van der Waals surface area contributed by atoms with Gasteiger partial charge in [0.2, 0.25) is 17.6 Å². The molecule has 4 N–H and O–H groups in total. The highest BCUT2D eigenvalue weighted by Gasteiger charge is 2.30. The van der Waals surface area contributed by atoms with Gasteiger partial charge in [-0.3, -0.25) is 9.59 Å². The van der Waals surface area contributed by atoms with Gasteiger partial charge >= 0.3 is 0 Å². The Morgan fingerprint density at radius 2 is 1.78 bits per heavy atom. The van der Waals surface area contributed by atoms with Gasteiger partial charge in [0.15, 0.2) is 11.5 Å². The van der Waals surface area contributed by atoms with Crippen LogP contribution in [0.1, 0.15) is 51.3 Å². The van der Waals surface area contributed by atoms with Crippen LogP contribution in [0, 0.1) is 0 Å². The van der Waals surface area contributed by atoms with Gasteiger partial charge in [0, 0.05) is 18.2 Å². The van der Waals surface area contributed by atoms with E-state index in [-0.39, 0.29) is 24.5 Å². The van der Waals surface area contributed by atoms with Gasteiger partial charge < -0.3 is 35.3 Å². The smallest absolute Gasteiger partial charge is 0.243 e. The number of fused-ring (bicyclic) bond motifs is 3. The third kappa shape index (κ3) is 6.09. The minimum Gasteiger partial charge on any atom is -0.493 e. The Balaban J connectivity index is 2.06. The molecule has 0 saturated heterocycles. The molecule has 0 aliphatic heterocycles. The second-order valence-electron chi connectivity index (χ2n) is 9.79. The van der Waals surface area contributed by atoms with Gasteiger partial charge in [0.1, 0.15) is 6.04 Å². The van der Waals surface area contributed by atoms with E-state index in [9.17, 15) is 9.59 Å². The quantitative estimate of drug-likeness (QED) is 0.508. The van der Waals surface area contributed by atoms with E-state index in [1.165, 1.54) is 6.92 Å². The molecule has 1 aliphatic carbocycles. The molecule has 1 aliphatic rings. The van der Waals surface area contributed by atoms with Crippen molar-refractivity contribution in [2.24, 2.45) is 5.73 Å². The summed E-state index contributed by atoms with van der Waals surface area (Å²) in [5.74, 6) is 1.12. The maximum Gasteiger partial charge on any atom is 0.243 e. The average molecular weight is 500 g/mol. The highest BCUT2D eigenvalue weighted by atomic mass is 16.5. The second kappa shape index (κ2) is 11.2. The normalized spacial score (nSPS) is 15.6. The second-order valence-corrected chi connectivity index (χ2v) is 9.79. The van der Waals surface area contributed by atoms with Crippen LogP contribution in [0.3, 0.4) is 0 Å². The van der Waals surface area contributed by atoms with Crippen LogP contribution >= 0.6 is 0 Å². The Morgan fingerprint density at radius 1 is 1.08 bits per heavy atom. The van der Waals surface area contributed by atoms with Crippen LogP contribution in [0.4, 0.5) is 5.69 Å². The fourth-order valence-electron chi connectivity index (χ4n) is 4.36. The average Bonchev–Trinajstić information content (AvgIpc) is 2.97. The van der Waals surface area contributed by atoms with Crippen LogP contribution < -0.4 is 30.6 Å². The van der Waals surface area contributed by atoms with E-state index in [1.54, 1.807) is 21.3 Å². The molecule has 1 unspecified atom stereocenters. The van der Waals surface area contributed by atoms with E-state index in [4.69, 9.17) is 24.7 Å². The molecule has 2 aromatic carbocycles. The maximum absolute atomic E-state index is 12.7. The number of anilines is 1. The lowest BCUT2D eigenvalue weighted by Gasteiger charge is -2.23. The molecule has 36 heavy (non-hydrogen) atoms. The van der Waals surface area contributed by atoms with Crippen molar-refractivity contribution in [1.29, 1.82) is 0 Å². The molecule has 9 heteroatoms. The van der Waals surface area contributed by atoms with E-state index < -0.39 is 11.6 Å². The summed E-state index contributed by atoms with van der Waals surface area (Å²) in [5, 5.41) is 5.93. The number of benzene rings is 2. The van der Waals surface area contributed by atoms with Gasteiger partial charge in [-0.2, -0.15) is 0 Å². The first-order valence-corrected chi connectivity index (χ1v) is 11.9. The highest BCUT2D eigenvalue weighted by molar-refractivity contribution is 5.95. The van der Waals surface area contributed by atoms with Crippen molar-refractivity contribution in [1.82, 2.24) is 5.32 Å². The third-order valence-electron chi connectivity index (χ3n) is 5.99. The molecule has 0 fully saturated rings. The van der Waals surface area contributed by atoms with Crippen molar-refractivity contribution in [2.75, 3.05) is 33.3 Å². The minimum atomic E-state index is -0.827. The first-order valence-electron chi connectivity index (χ1n) is 11.9. The van der Waals surface area contributed by atoms with Crippen LogP contribution in [-0.2, 0) is 20.7 Å². The number of rotatable bonds is 8. The van der Waals surface area contributed by atoms with E-state index in [0.717, 1.165) is 22.3 Å². The number of amides is 2. The number of carbonyl (C=O) groups is 2. The number of ether oxygens (including phenoxy) is 4. The zero-order chi connectivity index (χ0) is 26.6. The molecule has 0 saturated carbocycles. The van der Waals surface area contributed by atoms with Gasteiger partial charge in [0.05, 0.1) is 39.6 Å². The third-order valence-corrected chi connectivity index (χ3v) is 5.99. The van der Waals surface area contributed by atoms with Gasteiger partial charge in [-0.25, -0.2) is 0 Å². The fourth-order valence-corrected chi connectivity index (χ4v) is 4.36. The number of aryl methyl sites for hydroxylation is 1. The van der Waals surface area contributed by atoms with Gasteiger partial charge in [-0.05, 0) is 68.5 Å². The van der Waals surface area contributed by atoms with Crippen molar-refractivity contribution >= 4 is 17.5 Å². The van der Waals surface area contributed by atoms with Crippen molar-refractivity contribution in [3.05, 3.63) is 35.4 Å². The summed E-state index contributed by atoms with van der Waals surface area (Å²) in [6.07, 6.45) is 1.32. The van der Waals surface area contributed by atoms with Gasteiger partial charge in [-0.1, -0.05) is 6.07 Å². The van der Waals surface area contributed by atoms with Crippen molar-refractivity contribution in [2.45, 2.75) is 58.2 Å². The van der Waals surface area contributed by atoms with E-state index in [2.05, 4.69) is 10.6 Å². The predicted octanol–water partition coefficient (Wildman–Crippen LogP) is 3.58. The number of hydrogen-bond acceptors (Lipinski definition) is 7. The molecule has 0 aromatic heterocycles. The van der Waals surface area contributed by atoms with Crippen LogP contribution in [0.2, 0.25) is 0 Å². The van der Waals surface area contributed by atoms with E-state index in [1.807, 2.05) is 45.0 Å². The van der Waals surface area contributed by atoms with Crippen LogP contribution in [0.15, 0.2) is 24.3 Å². The summed E-state index contributed by atoms with van der Waals surface area (Å²) in [7, 11) is 4.74. The number of nitrogens with one attached hydrogen (secondary N) is 2. The monoisotopic (exact) mass is 499 g/mol. The summed E-state index contributed by atoms with van der Waals surface area (Å²) < 4.78 is 22.6. The lowest BCUT2D eigenvalue weighted by Crippen LogP contribution is -2.41. The molecular formula is C27H37N3O6.